The van der Waals surface area contributed by atoms with Crippen molar-refractivity contribution in [3.8, 4) is 0 Å². The largest absolute Gasteiger partial charge is 0.393 e. The van der Waals surface area contributed by atoms with E-state index in [4.69, 9.17) is 4.52 Å². The highest BCUT2D eigenvalue weighted by Gasteiger charge is 2.18. The van der Waals surface area contributed by atoms with Gasteiger partial charge in [0, 0.05) is 25.1 Å². The maximum Gasteiger partial charge on any atom is 0.317 e. The highest BCUT2D eigenvalue weighted by atomic mass is 16.5. The van der Waals surface area contributed by atoms with E-state index in [1.54, 1.807) is 18.9 Å². The van der Waals surface area contributed by atoms with E-state index in [2.05, 4.69) is 10.5 Å². The number of hydrogen-bond acceptors (Lipinski definition) is 4. The Labute approximate surface area is 148 Å². The average Bonchev–Trinajstić information content (AvgIpc) is 2.90. The lowest BCUT2D eigenvalue weighted by Gasteiger charge is -2.23. The van der Waals surface area contributed by atoms with Crippen molar-refractivity contribution in [3.63, 3.8) is 0 Å². The molecule has 0 saturated heterocycles. The van der Waals surface area contributed by atoms with Crippen LogP contribution in [0, 0.1) is 13.8 Å². The molecule has 6 heteroatoms. The molecule has 0 radical (unpaired) electrons. The van der Waals surface area contributed by atoms with Gasteiger partial charge in [0.15, 0.2) is 0 Å². The van der Waals surface area contributed by atoms with Crippen molar-refractivity contribution in [2.75, 3.05) is 13.6 Å². The van der Waals surface area contributed by atoms with E-state index in [-0.39, 0.29) is 11.9 Å². The first-order valence-electron chi connectivity index (χ1n) is 8.52. The number of amides is 2. The molecule has 0 fully saturated rings. The molecule has 2 atom stereocenters. The third kappa shape index (κ3) is 5.32. The van der Waals surface area contributed by atoms with Crippen LogP contribution in [-0.4, -0.2) is 40.9 Å². The molecular weight excluding hydrogens is 318 g/mol. The van der Waals surface area contributed by atoms with Crippen LogP contribution in [0.2, 0.25) is 0 Å². The average molecular weight is 345 g/mol. The second-order valence-electron chi connectivity index (χ2n) is 6.54. The standard InChI is InChI=1S/C19H27N3O3/c1-13(23)10-17(16-8-6-5-7-9-16)11-20-19(24)22(4)12-18-14(2)21-25-15(18)3/h5-9,13,17,23H,10-12H2,1-4H3,(H,20,24). The number of benzene rings is 1. The summed E-state index contributed by atoms with van der Waals surface area (Å²) in [5.74, 6) is 0.797. The summed E-state index contributed by atoms with van der Waals surface area (Å²) in [7, 11) is 1.74. The molecule has 2 rings (SSSR count). The number of urea groups is 1. The minimum atomic E-state index is -0.429. The molecule has 0 aliphatic carbocycles. The van der Waals surface area contributed by atoms with Gasteiger partial charge in [-0.3, -0.25) is 0 Å². The van der Waals surface area contributed by atoms with Gasteiger partial charge in [0.1, 0.15) is 5.76 Å². The van der Waals surface area contributed by atoms with Crippen LogP contribution in [0.25, 0.3) is 0 Å². The number of aliphatic hydroxyl groups is 1. The Kier molecular flexibility index (Phi) is 6.58. The summed E-state index contributed by atoms with van der Waals surface area (Å²) >= 11 is 0. The number of hydrogen-bond donors (Lipinski definition) is 2. The number of aryl methyl sites for hydroxylation is 2. The first kappa shape index (κ1) is 19.0. The topological polar surface area (TPSA) is 78.6 Å². The molecule has 25 heavy (non-hydrogen) atoms. The van der Waals surface area contributed by atoms with Crippen LogP contribution >= 0.6 is 0 Å². The lowest BCUT2D eigenvalue weighted by molar-refractivity contribution is 0.171. The van der Waals surface area contributed by atoms with Gasteiger partial charge in [-0.05, 0) is 32.8 Å². The molecule has 0 aliphatic rings. The zero-order valence-corrected chi connectivity index (χ0v) is 15.3. The van der Waals surface area contributed by atoms with Crippen molar-refractivity contribution in [3.05, 3.63) is 52.9 Å². The van der Waals surface area contributed by atoms with E-state index >= 15 is 0 Å². The van der Waals surface area contributed by atoms with Crippen molar-refractivity contribution >= 4 is 6.03 Å². The van der Waals surface area contributed by atoms with Crippen molar-refractivity contribution < 1.29 is 14.4 Å². The molecule has 1 heterocycles. The van der Waals surface area contributed by atoms with Crippen LogP contribution in [0.3, 0.4) is 0 Å². The fraction of sp³-hybridized carbons (Fsp3) is 0.474. The minimum Gasteiger partial charge on any atom is -0.393 e. The van der Waals surface area contributed by atoms with Crippen LogP contribution < -0.4 is 5.32 Å². The third-order valence-electron chi connectivity index (χ3n) is 4.32. The number of rotatable bonds is 7. The first-order valence-corrected chi connectivity index (χ1v) is 8.52. The highest BCUT2D eigenvalue weighted by molar-refractivity contribution is 5.74. The molecule has 1 aromatic heterocycles. The van der Waals surface area contributed by atoms with Gasteiger partial charge < -0.3 is 19.8 Å². The Hall–Kier alpha value is -2.34. The molecule has 6 nitrogen and oxygen atoms in total. The van der Waals surface area contributed by atoms with Gasteiger partial charge in [-0.25, -0.2) is 4.79 Å². The molecule has 2 aromatic rings. The first-order chi connectivity index (χ1) is 11.9. The molecule has 0 saturated carbocycles. The van der Waals surface area contributed by atoms with Crippen molar-refractivity contribution in [1.29, 1.82) is 0 Å². The summed E-state index contributed by atoms with van der Waals surface area (Å²) in [5, 5.41) is 16.6. The molecular formula is C19H27N3O3. The maximum absolute atomic E-state index is 12.4. The molecule has 0 bridgehead atoms. The van der Waals surface area contributed by atoms with Crippen LogP contribution in [0.1, 0.15) is 41.8 Å². The summed E-state index contributed by atoms with van der Waals surface area (Å²) in [4.78, 5) is 14.0. The number of aromatic nitrogens is 1. The summed E-state index contributed by atoms with van der Waals surface area (Å²) in [5.41, 5.74) is 2.84. The van der Waals surface area contributed by atoms with Crippen molar-refractivity contribution in [2.45, 2.75) is 45.8 Å². The third-order valence-corrected chi connectivity index (χ3v) is 4.32. The van der Waals surface area contributed by atoms with E-state index in [0.717, 1.165) is 22.6 Å². The molecule has 1 aromatic carbocycles. The van der Waals surface area contributed by atoms with E-state index in [1.807, 2.05) is 44.2 Å². The molecule has 2 amide bonds. The predicted octanol–water partition coefficient (Wildman–Crippen LogP) is 2.99. The van der Waals surface area contributed by atoms with Crippen LogP contribution in [0.5, 0.6) is 0 Å². The summed E-state index contributed by atoms with van der Waals surface area (Å²) in [6, 6.07) is 9.77. The number of nitrogens with zero attached hydrogens (tertiary/aromatic N) is 2. The SMILES string of the molecule is Cc1noc(C)c1CN(C)C(=O)NCC(CC(C)O)c1ccccc1. The lowest BCUT2D eigenvalue weighted by atomic mass is 9.93. The second-order valence-corrected chi connectivity index (χ2v) is 6.54. The molecule has 0 aliphatic heterocycles. The van der Waals surface area contributed by atoms with E-state index in [0.29, 0.717) is 19.5 Å². The van der Waals surface area contributed by atoms with Crippen molar-refractivity contribution in [1.82, 2.24) is 15.4 Å². The summed E-state index contributed by atoms with van der Waals surface area (Å²) in [6.45, 7) is 6.39. The second kappa shape index (κ2) is 8.67. The number of carbonyl (C=O) groups excluding carboxylic acids is 1. The fourth-order valence-corrected chi connectivity index (χ4v) is 2.86. The predicted molar refractivity (Wildman–Crippen MR) is 96.3 cm³/mol. The Balaban J connectivity index is 1.96. The Morgan fingerprint density at radius 3 is 2.56 bits per heavy atom. The van der Waals surface area contributed by atoms with Crippen molar-refractivity contribution in [2.24, 2.45) is 0 Å². The molecule has 136 valence electrons. The van der Waals surface area contributed by atoms with Crippen LogP contribution in [0.4, 0.5) is 4.79 Å². The molecule has 0 spiro atoms. The van der Waals surface area contributed by atoms with E-state index < -0.39 is 6.10 Å². The van der Waals surface area contributed by atoms with Gasteiger partial charge in [0.25, 0.3) is 0 Å². The zero-order chi connectivity index (χ0) is 18.4. The number of nitrogens with one attached hydrogen (secondary N) is 1. The van der Waals surface area contributed by atoms with Gasteiger partial charge in [-0.2, -0.15) is 0 Å². The van der Waals surface area contributed by atoms with Gasteiger partial charge in [0.05, 0.1) is 18.3 Å². The normalized spacial score (nSPS) is 13.3. The highest BCUT2D eigenvalue weighted by Crippen LogP contribution is 2.21. The molecule has 2 N–H and O–H groups in total. The smallest absolute Gasteiger partial charge is 0.317 e. The monoisotopic (exact) mass is 345 g/mol. The summed E-state index contributed by atoms with van der Waals surface area (Å²) < 4.78 is 5.14. The minimum absolute atomic E-state index is 0.0672. The number of aliphatic hydroxyl groups excluding tert-OH is 1. The van der Waals surface area contributed by atoms with Crippen LogP contribution in [-0.2, 0) is 6.54 Å². The van der Waals surface area contributed by atoms with E-state index in [9.17, 15) is 9.90 Å². The van der Waals surface area contributed by atoms with E-state index in [1.165, 1.54) is 0 Å². The molecule has 2 unspecified atom stereocenters. The fourth-order valence-electron chi connectivity index (χ4n) is 2.86. The van der Waals surface area contributed by atoms with Gasteiger partial charge in [-0.15, -0.1) is 0 Å². The maximum atomic E-state index is 12.4. The Morgan fingerprint density at radius 1 is 1.32 bits per heavy atom. The van der Waals surface area contributed by atoms with Crippen LogP contribution in [0.15, 0.2) is 34.9 Å². The summed E-state index contributed by atoms with van der Waals surface area (Å²) in [6.07, 6.45) is 0.167. The lowest BCUT2D eigenvalue weighted by Crippen LogP contribution is -2.39. The van der Waals surface area contributed by atoms with Gasteiger partial charge in [-0.1, -0.05) is 35.5 Å². The number of carbonyl (C=O) groups is 1. The Bertz CT molecular complexity index is 663. The van der Waals surface area contributed by atoms with Gasteiger partial charge >= 0.3 is 6.03 Å². The zero-order valence-electron chi connectivity index (χ0n) is 15.3. The quantitative estimate of drug-likeness (QED) is 0.808. The van der Waals surface area contributed by atoms with Gasteiger partial charge in [0.2, 0.25) is 0 Å². The Morgan fingerprint density at radius 2 is 2.00 bits per heavy atom.